The molecule has 0 radical (unpaired) electrons. The van der Waals surface area contributed by atoms with Crippen molar-refractivity contribution in [3.63, 3.8) is 0 Å². The Morgan fingerprint density at radius 1 is 0.935 bits per heavy atom. The Bertz CT molecular complexity index is 809. The lowest BCUT2D eigenvalue weighted by Crippen LogP contribution is -2.46. The van der Waals surface area contributed by atoms with Gasteiger partial charge in [0, 0.05) is 19.1 Å². The summed E-state index contributed by atoms with van der Waals surface area (Å²) < 4.78 is 18.1. The van der Waals surface area contributed by atoms with Gasteiger partial charge in [-0.15, -0.1) is 0 Å². The predicted molar refractivity (Wildman–Crippen MR) is 125 cm³/mol. The summed E-state index contributed by atoms with van der Waals surface area (Å²) in [6, 6.07) is 17.5. The van der Waals surface area contributed by atoms with Crippen LogP contribution in [0.1, 0.15) is 48.8 Å². The van der Waals surface area contributed by atoms with E-state index >= 15 is 0 Å². The number of hydrogen-bond donors (Lipinski definition) is 0. The van der Waals surface area contributed by atoms with Crippen LogP contribution in [0, 0.1) is 6.92 Å². The second-order valence-corrected chi connectivity index (χ2v) is 9.02. The lowest BCUT2D eigenvalue weighted by molar-refractivity contribution is -0.0352. The van der Waals surface area contributed by atoms with Gasteiger partial charge in [-0.25, -0.2) is 0 Å². The monoisotopic (exact) mass is 423 g/mol. The van der Waals surface area contributed by atoms with Crippen molar-refractivity contribution in [2.45, 2.75) is 70.3 Å². The third-order valence-electron chi connectivity index (χ3n) is 6.82. The fraction of sp³-hybridized carbons (Fsp3) is 0.556. The fourth-order valence-electron chi connectivity index (χ4n) is 5.09. The molecule has 0 spiro atoms. The molecule has 3 atom stereocenters. The molecule has 0 N–H and O–H groups in total. The zero-order valence-electron chi connectivity index (χ0n) is 19.1. The molecule has 2 aromatic rings. The van der Waals surface area contributed by atoms with Crippen LogP contribution in [0.15, 0.2) is 48.5 Å². The standard InChI is InChI=1S/C27H37NO3/c1-21-18-22(12-13-26(21)29-2)15-17-30-27-11-7-6-10-25(27)28-16-14-24(19-28)31-20-23-8-4-3-5-9-23/h3-5,8-9,12-13,18,24-25,27H,6-7,10-11,14-17,19-20H2,1-2H3/t24-,25?,27+/m1/s1. The minimum absolute atomic E-state index is 0.338. The molecule has 0 aromatic heterocycles. The van der Waals surface area contributed by atoms with Gasteiger partial charge in [-0.05, 0) is 55.4 Å². The quantitative estimate of drug-likeness (QED) is 0.557. The lowest BCUT2D eigenvalue weighted by Gasteiger charge is -2.38. The molecule has 1 unspecified atom stereocenters. The van der Waals surface area contributed by atoms with Gasteiger partial charge < -0.3 is 14.2 Å². The van der Waals surface area contributed by atoms with Crippen molar-refractivity contribution in [1.29, 1.82) is 0 Å². The van der Waals surface area contributed by atoms with E-state index in [9.17, 15) is 0 Å². The van der Waals surface area contributed by atoms with Crippen molar-refractivity contribution in [2.75, 3.05) is 26.8 Å². The zero-order valence-corrected chi connectivity index (χ0v) is 19.1. The molecular weight excluding hydrogens is 386 g/mol. The first kappa shape index (κ1) is 22.3. The van der Waals surface area contributed by atoms with E-state index in [1.54, 1.807) is 7.11 Å². The maximum atomic E-state index is 6.46. The minimum atomic E-state index is 0.338. The highest BCUT2D eigenvalue weighted by atomic mass is 16.5. The summed E-state index contributed by atoms with van der Waals surface area (Å²) in [4.78, 5) is 2.64. The number of hydrogen-bond acceptors (Lipinski definition) is 4. The van der Waals surface area contributed by atoms with Crippen LogP contribution in [0.3, 0.4) is 0 Å². The fourth-order valence-corrected chi connectivity index (χ4v) is 5.09. The molecule has 1 heterocycles. The molecule has 1 aliphatic heterocycles. The first-order valence-electron chi connectivity index (χ1n) is 11.9. The number of benzene rings is 2. The van der Waals surface area contributed by atoms with Gasteiger partial charge in [0.15, 0.2) is 0 Å². The largest absolute Gasteiger partial charge is 0.496 e. The molecule has 2 fully saturated rings. The van der Waals surface area contributed by atoms with Gasteiger partial charge in [-0.1, -0.05) is 55.3 Å². The summed E-state index contributed by atoms with van der Waals surface area (Å²) in [5, 5.41) is 0. The Morgan fingerprint density at radius 3 is 2.58 bits per heavy atom. The number of methoxy groups -OCH3 is 1. The highest BCUT2D eigenvalue weighted by Gasteiger charge is 2.35. The van der Waals surface area contributed by atoms with Crippen LogP contribution in [0.25, 0.3) is 0 Å². The smallest absolute Gasteiger partial charge is 0.121 e. The van der Waals surface area contributed by atoms with Crippen LogP contribution in [0.2, 0.25) is 0 Å². The van der Waals surface area contributed by atoms with E-state index < -0.39 is 0 Å². The number of likely N-dealkylation sites (tertiary alicyclic amines) is 1. The number of rotatable bonds is 9. The van der Waals surface area contributed by atoms with E-state index in [0.29, 0.717) is 24.9 Å². The minimum Gasteiger partial charge on any atom is -0.496 e. The molecule has 2 aromatic carbocycles. The van der Waals surface area contributed by atoms with Crippen LogP contribution in [0.4, 0.5) is 0 Å². The van der Waals surface area contributed by atoms with Gasteiger partial charge in [-0.2, -0.15) is 0 Å². The predicted octanol–water partition coefficient (Wildman–Crippen LogP) is 5.17. The average molecular weight is 424 g/mol. The second kappa shape index (κ2) is 11.1. The highest BCUT2D eigenvalue weighted by molar-refractivity contribution is 5.36. The summed E-state index contributed by atoms with van der Waals surface area (Å²) >= 11 is 0. The normalized spacial score (nSPS) is 24.4. The number of ether oxygens (including phenoxy) is 3. The number of nitrogens with zero attached hydrogens (tertiary/aromatic N) is 1. The molecule has 2 aliphatic rings. The summed E-state index contributed by atoms with van der Waals surface area (Å²) in [7, 11) is 1.73. The van der Waals surface area contributed by atoms with E-state index in [0.717, 1.165) is 38.3 Å². The number of aryl methyl sites for hydroxylation is 1. The van der Waals surface area contributed by atoms with Crippen LogP contribution in [-0.2, 0) is 22.5 Å². The Balaban J connectivity index is 1.25. The molecule has 168 valence electrons. The highest BCUT2D eigenvalue weighted by Crippen LogP contribution is 2.29. The molecule has 1 aliphatic carbocycles. The molecule has 0 bridgehead atoms. The summed E-state index contributed by atoms with van der Waals surface area (Å²) in [5.41, 5.74) is 3.77. The van der Waals surface area contributed by atoms with Crippen molar-refractivity contribution < 1.29 is 14.2 Å². The molecule has 4 nitrogen and oxygen atoms in total. The van der Waals surface area contributed by atoms with Crippen molar-refractivity contribution in [3.8, 4) is 5.75 Å². The maximum Gasteiger partial charge on any atom is 0.121 e. The van der Waals surface area contributed by atoms with Crippen molar-refractivity contribution in [3.05, 3.63) is 65.2 Å². The molecular formula is C27H37NO3. The Labute approximate surface area is 187 Å². The van der Waals surface area contributed by atoms with Gasteiger partial charge in [0.05, 0.1) is 32.5 Å². The summed E-state index contributed by atoms with van der Waals surface area (Å²) in [6.45, 7) is 5.76. The molecule has 31 heavy (non-hydrogen) atoms. The van der Waals surface area contributed by atoms with Crippen molar-refractivity contribution in [1.82, 2.24) is 4.90 Å². The molecule has 4 rings (SSSR count). The third-order valence-corrected chi connectivity index (χ3v) is 6.82. The third kappa shape index (κ3) is 6.09. The van der Waals surface area contributed by atoms with Crippen LogP contribution in [0.5, 0.6) is 5.75 Å². The van der Waals surface area contributed by atoms with E-state index in [1.165, 1.54) is 42.4 Å². The van der Waals surface area contributed by atoms with Crippen molar-refractivity contribution in [2.24, 2.45) is 0 Å². The van der Waals surface area contributed by atoms with E-state index in [-0.39, 0.29) is 0 Å². The van der Waals surface area contributed by atoms with Gasteiger partial charge in [0.25, 0.3) is 0 Å². The maximum absolute atomic E-state index is 6.46. The molecule has 1 saturated carbocycles. The SMILES string of the molecule is COc1ccc(CCO[C@H]2CCCCC2N2CC[C@@H](OCc3ccccc3)C2)cc1C. The van der Waals surface area contributed by atoms with E-state index in [2.05, 4.69) is 60.4 Å². The first-order valence-corrected chi connectivity index (χ1v) is 11.9. The van der Waals surface area contributed by atoms with Gasteiger partial charge in [0.2, 0.25) is 0 Å². The molecule has 1 saturated heterocycles. The van der Waals surface area contributed by atoms with Crippen LogP contribution in [-0.4, -0.2) is 50.0 Å². The first-order chi connectivity index (χ1) is 15.2. The van der Waals surface area contributed by atoms with Gasteiger partial charge in [-0.3, -0.25) is 4.90 Å². The van der Waals surface area contributed by atoms with E-state index in [4.69, 9.17) is 14.2 Å². The second-order valence-electron chi connectivity index (χ2n) is 9.02. The van der Waals surface area contributed by atoms with Crippen LogP contribution >= 0.6 is 0 Å². The zero-order chi connectivity index (χ0) is 21.5. The van der Waals surface area contributed by atoms with Crippen LogP contribution < -0.4 is 4.74 Å². The van der Waals surface area contributed by atoms with Gasteiger partial charge in [0.1, 0.15) is 5.75 Å². The lowest BCUT2D eigenvalue weighted by atomic mass is 9.91. The molecule has 4 heteroatoms. The topological polar surface area (TPSA) is 30.9 Å². The molecule has 0 amide bonds. The summed E-state index contributed by atoms with van der Waals surface area (Å²) in [5.74, 6) is 0.954. The summed E-state index contributed by atoms with van der Waals surface area (Å²) in [6.07, 6.45) is 7.79. The van der Waals surface area contributed by atoms with Crippen molar-refractivity contribution >= 4 is 0 Å². The average Bonchev–Trinajstić information content (AvgIpc) is 3.28. The Hall–Kier alpha value is -1.88. The Kier molecular flexibility index (Phi) is 8.01. The van der Waals surface area contributed by atoms with E-state index in [1.807, 2.05) is 0 Å². The van der Waals surface area contributed by atoms with Gasteiger partial charge >= 0.3 is 0 Å². The Morgan fingerprint density at radius 2 is 1.77 bits per heavy atom.